The highest BCUT2D eigenvalue weighted by Gasteiger charge is 2.35. The van der Waals surface area contributed by atoms with E-state index in [9.17, 15) is 19.8 Å². The summed E-state index contributed by atoms with van der Waals surface area (Å²) in [4.78, 5) is 24.7. The summed E-state index contributed by atoms with van der Waals surface area (Å²) in [6.07, 6.45) is 1.18. The van der Waals surface area contributed by atoms with E-state index in [1.807, 2.05) is 0 Å². The second-order valence-corrected chi connectivity index (χ2v) is 4.23. The molecular formula is C12H14N2O4. The highest BCUT2D eigenvalue weighted by molar-refractivity contribution is 6.01. The van der Waals surface area contributed by atoms with Gasteiger partial charge in [0.15, 0.2) is 0 Å². The smallest absolute Gasteiger partial charge is 0.262 e. The van der Waals surface area contributed by atoms with Gasteiger partial charge in [-0.05, 0) is 25.0 Å². The molecule has 1 aromatic rings. The van der Waals surface area contributed by atoms with Gasteiger partial charge in [-0.3, -0.25) is 9.59 Å². The van der Waals surface area contributed by atoms with E-state index in [4.69, 9.17) is 5.73 Å². The molecule has 96 valence electrons. The summed E-state index contributed by atoms with van der Waals surface area (Å²) in [7, 11) is 0. The van der Waals surface area contributed by atoms with Crippen LogP contribution in [0.4, 0.5) is 0 Å². The molecular weight excluding hydrogens is 236 g/mol. The third-order valence-corrected chi connectivity index (χ3v) is 3.08. The van der Waals surface area contributed by atoms with Gasteiger partial charge < -0.3 is 20.8 Å². The number of nitrogens with zero attached hydrogens (tertiary/aromatic N) is 1. The molecule has 1 unspecified atom stereocenters. The Labute approximate surface area is 104 Å². The number of primary amides is 1. The van der Waals surface area contributed by atoms with Crippen molar-refractivity contribution in [1.29, 1.82) is 0 Å². The fourth-order valence-corrected chi connectivity index (χ4v) is 2.20. The van der Waals surface area contributed by atoms with Gasteiger partial charge in [0, 0.05) is 6.54 Å². The van der Waals surface area contributed by atoms with Crippen LogP contribution in [0.5, 0.6) is 11.5 Å². The quantitative estimate of drug-likeness (QED) is 0.696. The van der Waals surface area contributed by atoms with Crippen molar-refractivity contribution in [2.75, 3.05) is 6.54 Å². The van der Waals surface area contributed by atoms with Gasteiger partial charge in [0.05, 0.1) is 0 Å². The average molecular weight is 250 g/mol. The van der Waals surface area contributed by atoms with Gasteiger partial charge in [0.1, 0.15) is 23.1 Å². The first-order valence-corrected chi connectivity index (χ1v) is 5.63. The number of hydrogen-bond donors (Lipinski definition) is 3. The van der Waals surface area contributed by atoms with E-state index in [0.29, 0.717) is 19.4 Å². The number of hydrogen-bond acceptors (Lipinski definition) is 4. The Kier molecular flexibility index (Phi) is 3.10. The minimum absolute atomic E-state index is 0.189. The van der Waals surface area contributed by atoms with Crippen LogP contribution in [0, 0.1) is 0 Å². The predicted molar refractivity (Wildman–Crippen MR) is 63.0 cm³/mol. The number of likely N-dealkylation sites (tertiary alicyclic amines) is 1. The lowest BCUT2D eigenvalue weighted by atomic mass is 10.1. The van der Waals surface area contributed by atoms with Crippen molar-refractivity contribution < 1.29 is 19.8 Å². The van der Waals surface area contributed by atoms with Gasteiger partial charge in [-0.15, -0.1) is 0 Å². The lowest BCUT2D eigenvalue weighted by molar-refractivity contribution is -0.121. The van der Waals surface area contributed by atoms with Gasteiger partial charge in [-0.1, -0.05) is 6.07 Å². The predicted octanol–water partition coefficient (Wildman–Crippen LogP) is 0.188. The van der Waals surface area contributed by atoms with Crippen molar-refractivity contribution >= 4 is 11.8 Å². The van der Waals surface area contributed by atoms with Crippen molar-refractivity contribution in [3.8, 4) is 11.5 Å². The highest BCUT2D eigenvalue weighted by Crippen LogP contribution is 2.30. The summed E-state index contributed by atoms with van der Waals surface area (Å²) in [6.45, 7) is 0.389. The molecule has 0 saturated carbocycles. The standard InChI is InChI=1S/C12H14N2O4/c13-11(17)7-3-2-6-14(7)12(18)10-8(15)4-1-5-9(10)16/h1,4-5,7,15-16H,2-3,6H2,(H2,13,17). The molecule has 6 nitrogen and oxygen atoms in total. The zero-order chi connectivity index (χ0) is 13.3. The average Bonchev–Trinajstić information content (AvgIpc) is 2.77. The molecule has 1 atom stereocenters. The first-order valence-electron chi connectivity index (χ1n) is 5.63. The number of amides is 2. The van der Waals surface area contributed by atoms with E-state index in [2.05, 4.69) is 0 Å². The van der Waals surface area contributed by atoms with E-state index < -0.39 is 17.9 Å². The maximum Gasteiger partial charge on any atom is 0.262 e. The number of carbonyl (C=O) groups is 2. The number of benzene rings is 1. The van der Waals surface area contributed by atoms with Gasteiger partial charge in [-0.2, -0.15) is 0 Å². The fraction of sp³-hybridized carbons (Fsp3) is 0.333. The zero-order valence-corrected chi connectivity index (χ0v) is 9.67. The molecule has 1 aliphatic heterocycles. The Hall–Kier alpha value is -2.24. The fourth-order valence-electron chi connectivity index (χ4n) is 2.20. The van der Waals surface area contributed by atoms with Crippen LogP contribution in [0.2, 0.25) is 0 Å². The topological polar surface area (TPSA) is 104 Å². The van der Waals surface area contributed by atoms with Gasteiger partial charge in [0.25, 0.3) is 5.91 Å². The van der Waals surface area contributed by atoms with Crippen LogP contribution >= 0.6 is 0 Å². The minimum atomic E-state index is -0.670. The molecule has 1 aliphatic rings. The number of phenols is 2. The molecule has 0 aromatic heterocycles. The van der Waals surface area contributed by atoms with Crippen LogP contribution in [0.1, 0.15) is 23.2 Å². The van der Waals surface area contributed by atoms with Gasteiger partial charge in [0.2, 0.25) is 5.91 Å². The van der Waals surface area contributed by atoms with Crippen LogP contribution in [-0.2, 0) is 4.79 Å². The molecule has 0 spiro atoms. The van der Waals surface area contributed by atoms with Gasteiger partial charge in [-0.25, -0.2) is 0 Å². The first-order chi connectivity index (χ1) is 8.52. The normalized spacial score (nSPS) is 18.9. The number of carbonyl (C=O) groups excluding carboxylic acids is 2. The summed E-state index contributed by atoms with van der Waals surface area (Å²) in [6, 6.07) is 3.37. The molecule has 1 fully saturated rings. The summed E-state index contributed by atoms with van der Waals surface area (Å²) >= 11 is 0. The van der Waals surface area contributed by atoms with Crippen LogP contribution in [0.25, 0.3) is 0 Å². The van der Waals surface area contributed by atoms with Crippen LogP contribution in [0.3, 0.4) is 0 Å². The second kappa shape index (κ2) is 4.56. The zero-order valence-electron chi connectivity index (χ0n) is 9.67. The molecule has 2 rings (SSSR count). The van der Waals surface area contributed by atoms with E-state index in [0.717, 1.165) is 0 Å². The number of phenolic OH excluding ortho intramolecular Hbond substituents is 2. The van der Waals surface area contributed by atoms with Crippen molar-refractivity contribution in [3.63, 3.8) is 0 Å². The van der Waals surface area contributed by atoms with E-state index in [-0.39, 0.29) is 17.1 Å². The first kappa shape index (κ1) is 12.2. The Bertz CT molecular complexity index is 481. The lowest BCUT2D eigenvalue weighted by Crippen LogP contribution is -2.43. The highest BCUT2D eigenvalue weighted by atomic mass is 16.3. The van der Waals surface area contributed by atoms with Crippen molar-refractivity contribution in [2.24, 2.45) is 5.73 Å². The Morgan fingerprint density at radius 1 is 1.28 bits per heavy atom. The number of aromatic hydroxyl groups is 2. The largest absolute Gasteiger partial charge is 0.507 e. The van der Waals surface area contributed by atoms with E-state index in [1.54, 1.807) is 0 Å². The number of rotatable bonds is 2. The van der Waals surface area contributed by atoms with Crippen molar-refractivity contribution in [3.05, 3.63) is 23.8 Å². The maximum atomic E-state index is 12.2. The summed E-state index contributed by atoms with van der Waals surface area (Å²) in [5.74, 6) is -1.77. The Balaban J connectivity index is 2.34. The van der Waals surface area contributed by atoms with Crippen molar-refractivity contribution in [1.82, 2.24) is 4.90 Å². The minimum Gasteiger partial charge on any atom is -0.507 e. The molecule has 1 saturated heterocycles. The molecule has 0 aliphatic carbocycles. The summed E-state index contributed by atoms with van der Waals surface area (Å²) in [5, 5.41) is 19.2. The molecule has 0 bridgehead atoms. The van der Waals surface area contributed by atoms with Crippen LogP contribution in [0.15, 0.2) is 18.2 Å². The molecule has 2 amide bonds. The Morgan fingerprint density at radius 3 is 2.44 bits per heavy atom. The SMILES string of the molecule is NC(=O)C1CCCN1C(=O)c1c(O)cccc1O. The Morgan fingerprint density at radius 2 is 1.89 bits per heavy atom. The molecule has 1 aromatic carbocycles. The van der Waals surface area contributed by atoms with Crippen LogP contribution in [-0.4, -0.2) is 39.5 Å². The third-order valence-electron chi connectivity index (χ3n) is 3.08. The third kappa shape index (κ3) is 1.97. The molecule has 1 heterocycles. The molecule has 0 radical (unpaired) electrons. The van der Waals surface area contributed by atoms with Crippen molar-refractivity contribution in [2.45, 2.75) is 18.9 Å². The second-order valence-electron chi connectivity index (χ2n) is 4.23. The van der Waals surface area contributed by atoms with Gasteiger partial charge >= 0.3 is 0 Å². The maximum absolute atomic E-state index is 12.2. The molecule has 18 heavy (non-hydrogen) atoms. The molecule has 6 heteroatoms. The van der Waals surface area contributed by atoms with Crippen LogP contribution < -0.4 is 5.73 Å². The summed E-state index contributed by atoms with van der Waals surface area (Å²) < 4.78 is 0. The monoisotopic (exact) mass is 250 g/mol. The lowest BCUT2D eigenvalue weighted by Gasteiger charge is -2.22. The summed E-state index contributed by atoms with van der Waals surface area (Å²) in [5.41, 5.74) is 5.03. The molecule has 4 N–H and O–H groups in total. The van der Waals surface area contributed by atoms with E-state index >= 15 is 0 Å². The number of nitrogens with two attached hydrogens (primary N) is 1. The van der Waals surface area contributed by atoms with E-state index in [1.165, 1.54) is 23.1 Å².